The second-order valence-electron chi connectivity index (χ2n) is 10.1. The van der Waals surface area contributed by atoms with Gasteiger partial charge in [-0.3, -0.25) is 0 Å². The molecule has 0 aromatic heterocycles. The van der Waals surface area contributed by atoms with Gasteiger partial charge in [-0.05, 0) is 97.7 Å². The molecule has 3 fully saturated rings. The van der Waals surface area contributed by atoms with Crippen LogP contribution in [-0.2, 0) is 11.2 Å². The molecule has 1 heterocycles. The smallest absolute Gasteiger partial charge is 0.119 e. The summed E-state index contributed by atoms with van der Waals surface area (Å²) in [6.07, 6.45) is 11.1. The van der Waals surface area contributed by atoms with E-state index in [0.29, 0.717) is 17.8 Å². The molecule has 2 aromatic carbocycles. The molecule has 3 aliphatic rings. The highest BCUT2D eigenvalue weighted by molar-refractivity contribution is 7.50. The third kappa shape index (κ3) is 7.70. The molecule has 1 saturated heterocycles. The summed E-state index contributed by atoms with van der Waals surface area (Å²) < 4.78 is 17.1. The van der Waals surface area contributed by atoms with Gasteiger partial charge in [0.15, 0.2) is 0 Å². The van der Waals surface area contributed by atoms with Crippen LogP contribution in [0.3, 0.4) is 0 Å². The summed E-state index contributed by atoms with van der Waals surface area (Å²) in [6.45, 7) is 4.39. The van der Waals surface area contributed by atoms with Crippen molar-refractivity contribution in [3.05, 3.63) is 59.2 Å². The third-order valence-electron chi connectivity index (χ3n) is 7.12. The largest absolute Gasteiger partial charge is 0.497 e. The second-order valence-corrected chi connectivity index (χ2v) is 11.9. The van der Waals surface area contributed by atoms with Crippen LogP contribution in [0.4, 0.5) is 0 Å². The zero-order chi connectivity index (χ0) is 23.8. The van der Waals surface area contributed by atoms with Gasteiger partial charge < -0.3 is 19.1 Å². The summed E-state index contributed by atoms with van der Waals surface area (Å²) in [5, 5.41) is 0. The Balaban J connectivity index is 0.000000846. The Kier molecular flexibility index (Phi) is 9.67. The van der Waals surface area contributed by atoms with E-state index in [2.05, 4.69) is 36.4 Å². The standard InChI is InChI=1S/C26H35O4P.C3H6/c1-28-23-10-11-25(22-17-29-18-22)26(15-23)21-8-6-20(7-9-21)16-30-24-5-3-4-19(14-24)12-13-31(2)27;1-2-3-1/h3-5,10-11,14-15,20-22,27H,6-9,12-13,16-18H2,1-2H3;1-3H2. The first-order valence-corrected chi connectivity index (χ1v) is 14.9. The van der Waals surface area contributed by atoms with Crippen LogP contribution in [0.25, 0.3) is 0 Å². The molecule has 1 aliphatic heterocycles. The molecule has 0 spiro atoms. The van der Waals surface area contributed by atoms with Gasteiger partial charge in [0.25, 0.3) is 0 Å². The normalized spacial score (nSPS) is 22.7. The lowest BCUT2D eigenvalue weighted by molar-refractivity contribution is 0.00781. The Morgan fingerprint density at radius 2 is 1.68 bits per heavy atom. The Hall–Kier alpha value is -1.61. The Labute approximate surface area is 206 Å². The zero-order valence-corrected chi connectivity index (χ0v) is 21.8. The molecule has 1 unspecified atom stereocenters. The van der Waals surface area contributed by atoms with Gasteiger partial charge in [0, 0.05) is 14.1 Å². The van der Waals surface area contributed by atoms with Crippen molar-refractivity contribution in [2.75, 3.05) is 39.8 Å². The predicted octanol–water partition coefficient (Wildman–Crippen LogP) is 6.89. The van der Waals surface area contributed by atoms with Gasteiger partial charge in [0.1, 0.15) is 11.5 Å². The SMILES string of the molecule is C1CC1.COc1ccc(C2COC2)c(C2CCC(COc3cccc(CCP(C)O)c3)CC2)c1. The minimum absolute atomic E-state index is 0.546. The van der Waals surface area contributed by atoms with Gasteiger partial charge in [-0.25, -0.2) is 0 Å². The Morgan fingerprint density at radius 1 is 0.912 bits per heavy atom. The maximum absolute atomic E-state index is 9.57. The number of hydrogen-bond acceptors (Lipinski definition) is 4. The highest BCUT2D eigenvalue weighted by Gasteiger charge is 2.29. The van der Waals surface area contributed by atoms with Crippen LogP contribution in [0.2, 0.25) is 0 Å². The van der Waals surface area contributed by atoms with Crippen molar-refractivity contribution in [1.82, 2.24) is 0 Å². The summed E-state index contributed by atoms with van der Waals surface area (Å²) in [6, 6.07) is 15.0. The summed E-state index contributed by atoms with van der Waals surface area (Å²) in [5.41, 5.74) is 4.18. The Morgan fingerprint density at radius 3 is 2.29 bits per heavy atom. The first-order valence-electron chi connectivity index (χ1n) is 13.0. The molecule has 4 nitrogen and oxygen atoms in total. The molecular formula is C29H41O4P. The lowest BCUT2D eigenvalue weighted by atomic mass is 9.76. The van der Waals surface area contributed by atoms with Crippen molar-refractivity contribution in [3.8, 4) is 11.5 Å². The first kappa shape index (κ1) is 25.5. The minimum Gasteiger partial charge on any atom is -0.497 e. The molecule has 1 N–H and O–H groups in total. The summed E-state index contributed by atoms with van der Waals surface area (Å²) in [5.74, 6) is 3.68. The minimum atomic E-state index is -0.839. The maximum atomic E-state index is 9.57. The van der Waals surface area contributed by atoms with E-state index in [1.165, 1.54) is 61.6 Å². The lowest BCUT2D eigenvalue weighted by Gasteiger charge is -2.34. The number of benzene rings is 2. The molecule has 0 bridgehead atoms. The van der Waals surface area contributed by atoms with Crippen LogP contribution in [0, 0.1) is 5.92 Å². The van der Waals surface area contributed by atoms with E-state index >= 15 is 0 Å². The van der Waals surface area contributed by atoms with Gasteiger partial charge in [-0.15, -0.1) is 0 Å². The van der Waals surface area contributed by atoms with Crippen molar-refractivity contribution in [2.45, 2.75) is 63.2 Å². The molecular weight excluding hydrogens is 443 g/mol. The van der Waals surface area contributed by atoms with Gasteiger partial charge in [0.05, 0.1) is 26.9 Å². The van der Waals surface area contributed by atoms with E-state index in [1.54, 1.807) is 7.11 Å². The van der Waals surface area contributed by atoms with Gasteiger partial charge in [0.2, 0.25) is 0 Å². The van der Waals surface area contributed by atoms with Crippen LogP contribution >= 0.6 is 8.15 Å². The summed E-state index contributed by atoms with van der Waals surface area (Å²) >= 11 is 0. The van der Waals surface area contributed by atoms with E-state index in [-0.39, 0.29) is 0 Å². The number of rotatable bonds is 9. The van der Waals surface area contributed by atoms with Gasteiger partial charge in [-0.1, -0.05) is 37.5 Å². The van der Waals surface area contributed by atoms with Crippen molar-refractivity contribution >= 4 is 8.15 Å². The van der Waals surface area contributed by atoms with E-state index < -0.39 is 8.15 Å². The monoisotopic (exact) mass is 484 g/mol. The molecule has 5 heteroatoms. The van der Waals surface area contributed by atoms with Crippen molar-refractivity contribution < 1.29 is 19.1 Å². The van der Waals surface area contributed by atoms with Gasteiger partial charge in [-0.2, -0.15) is 0 Å². The summed E-state index contributed by atoms with van der Waals surface area (Å²) in [7, 11) is 0.911. The van der Waals surface area contributed by atoms with Crippen molar-refractivity contribution in [2.24, 2.45) is 5.92 Å². The molecule has 1 atom stereocenters. The second kappa shape index (κ2) is 12.9. The topological polar surface area (TPSA) is 47.9 Å². The number of ether oxygens (including phenoxy) is 3. The fraction of sp³-hybridized carbons (Fsp3) is 0.586. The van der Waals surface area contributed by atoms with Crippen molar-refractivity contribution in [1.29, 1.82) is 0 Å². The molecule has 186 valence electrons. The fourth-order valence-corrected chi connectivity index (χ4v) is 5.34. The average Bonchev–Trinajstić information content (AvgIpc) is 3.71. The lowest BCUT2D eigenvalue weighted by Crippen LogP contribution is -2.27. The first-order chi connectivity index (χ1) is 16.6. The van der Waals surface area contributed by atoms with E-state index in [1.807, 2.05) is 12.7 Å². The van der Waals surface area contributed by atoms with Crippen LogP contribution in [0.15, 0.2) is 42.5 Å². The maximum Gasteiger partial charge on any atom is 0.119 e. The number of aryl methyl sites for hydroxylation is 1. The van der Waals surface area contributed by atoms with Crippen LogP contribution in [-0.4, -0.2) is 44.7 Å². The predicted molar refractivity (Wildman–Crippen MR) is 141 cm³/mol. The molecule has 2 aliphatic carbocycles. The van der Waals surface area contributed by atoms with E-state index in [4.69, 9.17) is 14.2 Å². The Bertz CT molecular complexity index is 883. The van der Waals surface area contributed by atoms with Crippen LogP contribution in [0.5, 0.6) is 11.5 Å². The fourth-order valence-electron chi connectivity index (χ4n) is 4.76. The van der Waals surface area contributed by atoms with E-state index in [0.717, 1.165) is 43.9 Å². The molecule has 0 radical (unpaired) electrons. The molecule has 5 rings (SSSR count). The highest BCUT2D eigenvalue weighted by atomic mass is 31.1. The van der Waals surface area contributed by atoms with Crippen molar-refractivity contribution in [3.63, 3.8) is 0 Å². The van der Waals surface area contributed by atoms with Crippen LogP contribution < -0.4 is 9.47 Å². The molecule has 0 amide bonds. The molecule has 2 saturated carbocycles. The number of methoxy groups -OCH3 is 1. The number of hydrogen-bond donors (Lipinski definition) is 1. The third-order valence-corrected chi connectivity index (χ3v) is 7.99. The quantitative estimate of drug-likeness (QED) is 0.394. The zero-order valence-electron chi connectivity index (χ0n) is 20.9. The highest BCUT2D eigenvalue weighted by Crippen LogP contribution is 2.41. The van der Waals surface area contributed by atoms with Crippen LogP contribution in [0.1, 0.15) is 73.5 Å². The summed E-state index contributed by atoms with van der Waals surface area (Å²) in [4.78, 5) is 9.57. The van der Waals surface area contributed by atoms with E-state index in [9.17, 15) is 4.89 Å². The average molecular weight is 485 g/mol. The van der Waals surface area contributed by atoms with Gasteiger partial charge >= 0.3 is 0 Å². The molecule has 34 heavy (non-hydrogen) atoms. The molecule has 2 aromatic rings.